The third-order valence-electron chi connectivity index (χ3n) is 2.95. The molecule has 144 valence electrons. The zero-order chi connectivity index (χ0) is 18.5. The molecule has 0 saturated carbocycles. The predicted octanol–water partition coefficient (Wildman–Crippen LogP) is 1.63. The van der Waals surface area contributed by atoms with Crippen LogP contribution >= 0.6 is 12.4 Å². The Hall–Kier alpha value is -1.26. The van der Waals surface area contributed by atoms with E-state index < -0.39 is 38.3 Å². The number of nitrogens with two attached hydrogens (primary N) is 1. The molecule has 0 saturated heterocycles. The van der Waals surface area contributed by atoms with Crippen molar-refractivity contribution in [3.05, 3.63) is 24.0 Å². The Morgan fingerprint density at radius 2 is 1.96 bits per heavy atom. The van der Waals surface area contributed by atoms with Crippen LogP contribution in [0.15, 0.2) is 23.1 Å². The highest BCUT2D eigenvalue weighted by Gasteiger charge is 2.25. The molecule has 0 radical (unpaired) electrons. The Morgan fingerprint density at radius 3 is 2.44 bits per heavy atom. The Kier molecular flexibility index (Phi) is 8.97. The third kappa shape index (κ3) is 7.66. The van der Waals surface area contributed by atoms with E-state index in [1.165, 1.54) is 13.2 Å². The average Bonchev–Trinajstić information content (AvgIpc) is 2.44. The Morgan fingerprint density at radius 1 is 1.36 bits per heavy atom. The van der Waals surface area contributed by atoms with Crippen LogP contribution in [-0.2, 0) is 19.6 Å². The van der Waals surface area contributed by atoms with Crippen molar-refractivity contribution in [2.75, 3.05) is 19.0 Å². The number of hydrogen-bond acceptors (Lipinski definition) is 5. The summed E-state index contributed by atoms with van der Waals surface area (Å²) in [5.41, 5.74) is 4.85. The highest BCUT2D eigenvalue weighted by Crippen LogP contribution is 2.21. The van der Waals surface area contributed by atoms with Crippen molar-refractivity contribution < 1.29 is 22.3 Å². The molecule has 0 heterocycles. The standard InChI is InChI=1S/C15H24FN3O4S.ClH/c1-15(2,3)19-24(21,22)13-7-10(5-6-12(13)16)18-14(20)8-11(9-17)23-4;/h5-7,11,19H,8-9,17H2,1-4H3,(H,18,20);1H. The van der Waals surface area contributed by atoms with Crippen LogP contribution in [0.2, 0.25) is 0 Å². The molecule has 0 aliphatic heterocycles. The quantitative estimate of drug-likeness (QED) is 0.647. The van der Waals surface area contributed by atoms with Crippen LogP contribution in [0.5, 0.6) is 0 Å². The first-order valence-electron chi connectivity index (χ1n) is 7.34. The topological polar surface area (TPSA) is 111 Å². The van der Waals surface area contributed by atoms with Crippen molar-refractivity contribution >= 4 is 34.0 Å². The Labute approximate surface area is 154 Å². The van der Waals surface area contributed by atoms with Crippen molar-refractivity contribution in [2.45, 2.75) is 43.7 Å². The fourth-order valence-electron chi connectivity index (χ4n) is 1.93. The summed E-state index contributed by atoms with van der Waals surface area (Å²) in [6, 6.07) is 3.35. The minimum Gasteiger partial charge on any atom is -0.380 e. The van der Waals surface area contributed by atoms with Gasteiger partial charge in [-0.15, -0.1) is 12.4 Å². The number of halogens is 2. The smallest absolute Gasteiger partial charge is 0.244 e. The lowest BCUT2D eigenvalue weighted by Crippen LogP contribution is -2.40. The summed E-state index contributed by atoms with van der Waals surface area (Å²) in [5, 5.41) is 2.51. The van der Waals surface area contributed by atoms with Crippen molar-refractivity contribution in [1.29, 1.82) is 0 Å². The van der Waals surface area contributed by atoms with Gasteiger partial charge in [-0.3, -0.25) is 4.79 Å². The summed E-state index contributed by atoms with van der Waals surface area (Å²) in [6.45, 7) is 5.10. The predicted molar refractivity (Wildman–Crippen MR) is 96.8 cm³/mol. The number of sulfonamides is 1. The van der Waals surface area contributed by atoms with E-state index >= 15 is 0 Å². The van der Waals surface area contributed by atoms with Gasteiger partial charge in [-0.1, -0.05) is 0 Å². The van der Waals surface area contributed by atoms with Crippen LogP contribution in [-0.4, -0.2) is 39.6 Å². The molecule has 0 aliphatic rings. The monoisotopic (exact) mass is 397 g/mol. The molecule has 0 aliphatic carbocycles. The summed E-state index contributed by atoms with van der Waals surface area (Å²) in [7, 11) is -2.62. The zero-order valence-corrected chi connectivity index (χ0v) is 16.3. The zero-order valence-electron chi connectivity index (χ0n) is 14.6. The largest absolute Gasteiger partial charge is 0.380 e. The van der Waals surface area contributed by atoms with E-state index in [-0.39, 0.29) is 31.1 Å². The molecule has 0 spiro atoms. The van der Waals surface area contributed by atoms with Gasteiger partial charge in [-0.2, -0.15) is 0 Å². The van der Waals surface area contributed by atoms with Gasteiger partial charge < -0.3 is 15.8 Å². The summed E-state index contributed by atoms with van der Waals surface area (Å²) in [4.78, 5) is 11.4. The first kappa shape index (κ1) is 23.7. The van der Waals surface area contributed by atoms with E-state index in [1.807, 2.05) is 0 Å². The van der Waals surface area contributed by atoms with Crippen LogP contribution in [0.25, 0.3) is 0 Å². The minimum atomic E-state index is -4.06. The fourth-order valence-corrected chi connectivity index (χ4v) is 3.45. The van der Waals surface area contributed by atoms with E-state index in [1.54, 1.807) is 20.8 Å². The average molecular weight is 398 g/mol. The van der Waals surface area contributed by atoms with Gasteiger partial charge in [0, 0.05) is 24.9 Å². The number of amides is 1. The summed E-state index contributed by atoms with van der Waals surface area (Å²) < 4.78 is 45.9. The maximum Gasteiger partial charge on any atom is 0.244 e. The highest BCUT2D eigenvalue weighted by molar-refractivity contribution is 7.89. The molecule has 7 nitrogen and oxygen atoms in total. The van der Waals surface area contributed by atoms with Gasteiger partial charge in [-0.25, -0.2) is 17.5 Å². The van der Waals surface area contributed by atoms with E-state index in [9.17, 15) is 17.6 Å². The number of carbonyl (C=O) groups is 1. The molecule has 1 rings (SSSR count). The molecule has 1 aromatic rings. The maximum absolute atomic E-state index is 13.9. The molecular weight excluding hydrogens is 373 g/mol. The van der Waals surface area contributed by atoms with Gasteiger partial charge >= 0.3 is 0 Å². The molecule has 1 aromatic carbocycles. The number of rotatable bonds is 7. The second kappa shape index (κ2) is 9.44. The van der Waals surface area contributed by atoms with Crippen molar-refractivity contribution in [1.82, 2.24) is 4.72 Å². The van der Waals surface area contributed by atoms with Crippen molar-refractivity contribution in [3.8, 4) is 0 Å². The van der Waals surface area contributed by atoms with E-state index in [0.29, 0.717) is 0 Å². The second-order valence-corrected chi connectivity index (χ2v) is 8.00. The van der Waals surface area contributed by atoms with Gasteiger partial charge in [0.25, 0.3) is 0 Å². The molecule has 10 heteroatoms. The van der Waals surface area contributed by atoms with E-state index in [0.717, 1.165) is 12.1 Å². The third-order valence-corrected chi connectivity index (χ3v) is 4.73. The molecular formula is C15H25ClFN3O4S. The Balaban J connectivity index is 0.00000576. The van der Waals surface area contributed by atoms with Crippen LogP contribution < -0.4 is 15.8 Å². The Bertz CT molecular complexity index is 689. The van der Waals surface area contributed by atoms with Crippen molar-refractivity contribution in [3.63, 3.8) is 0 Å². The molecule has 4 N–H and O–H groups in total. The highest BCUT2D eigenvalue weighted by atomic mass is 35.5. The van der Waals surface area contributed by atoms with Gasteiger partial charge in [0.15, 0.2) is 0 Å². The SMILES string of the molecule is COC(CN)CC(=O)Nc1ccc(F)c(S(=O)(=O)NC(C)(C)C)c1.Cl. The van der Waals surface area contributed by atoms with Gasteiger partial charge in [0.1, 0.15) is 10.7 Å². The van der Waals surface area contributed by atoms with Crippen LogP contribution in [0.3, 0.4) is 0 Å². The number of benzene rings is 1. The van der Waals surface area contributed by atoms with Crippen LogP contribution in [0.1, 0.15) is 27.2 Å². The summed E-state index contributed by atoms with van der Waals surface area (Å²) >= 11 is 0. The minimum absolute atomic E-state index is 0. The van der Waals surface area contributed by atoms with Gasteiger partial charge in [0.05, 0.1) is 12.5 Å². The summed E-state index contributed by atoms with van der Waals surface area (Å²) in [6.07, 6.45) is -0.441. The number of nitrogens with one attached hydrogen (secondary N) is 2. The molecule has 0 aromatic heterocycles. The lowest BCUT2D eigenvalue weighted by Gasteiger charge is -2.21. The lowest BCUT2D eigenvalue weighted by molar-refractivity contribution is -0.118. The molecule has 25 heavy (non-hydrogen) atoms. The molecule has 1 amide bonds. The van der Waals surface area contributed by atoms with Gasteiger partial charge in [-0.05, 0) is 39.0 Å². The van der Waals surface area contributed by atoms with E-state index in [2.05, 4.69) is 10.0 Å². The number of ether oxygens (including phenoxy) is 1. The molecule has 1 unspecified atom stereocenters. The normalized spacial score (nSPS) is 13.0. The molecule has 1 atom stereocenters. The van der Waals surface area contributed by atoms with Crippen molar-refractivity contribution in [2.24, 2.45) is 5.73 Å². The first-order chi connectivity index (χ1) is 11.0. The van der Waals surface area contributed by atoms with E-state index in [4.69, 9.17) is 10.5 Å². The summed E-state index contributed by atoms with van der Waals surface area (Å²) in [5.74, 6) is -1.31. The molecule has 0 fully saturated rings. The first-order valence-corrected chi connectivity index (χ1v) is 8.83. The molecule has 0 bridgehead atoms. The van der Waals surface area contributed by atoms with Gasteiger partial charge in [0.2, 0.25) is 15.9 Å². The maximum atomic E-state index is 13.9. The second-order valence-electron chi connectivity index (χ2n) is 6.35. The van der Waals surface area contributed by atoms with Crippen LogP contribution in [0.4, 0.5) is 10.1 Å². The lowest BCUT2D eigenvalue weighted by atomic mass is 10.1. The number of carbonyl (C=O) groups excluding carboxylic acids is 1. The van der Waals surface area contributed by atoms with Crippen LogP contribution in [0, 0.1) is 5.82 Å². The number of hydrogen-bond donors (Lipinski definition) is 3. The number of anilines is 1. The number of methoxy groups -OCH3 is 1. The fraction of sp³-hybridized carbons (Fsp3) is 0.533.